The van der Waals surface area contributed by atoms with Gasteiger partial charge in [0.05, 0.1) is 5.69 Å². The molecule has 0 bridgehead atoms. The van der Waals surface area contributed by atoms with Crippen molar-refractivity contribution in [3.05, 3.63) is 221 Å². The summed E-state index contributed by atoms with van der Waals surface area (Å²) in [7, 11) is 0. The molecular weight excluding hydrogens is 747 g/mol. The Labute approximate surface area is 366 Å². The summed E-state index contributed by atoms with van der Waals surface area (Å²) in [6.45, 7) is 14.3. The number of rotatable bonds is 5. The Hall–Kier alpha value is -6.96. The fourth-order valence-electron chi connectivity index (χ4n) is 11.5. The van der Waals surface area contributed by atoms with Crippen LogP contribution in [0.15, 0.2) is 188 Å². The first-order valence-electron chi connectivity index (χ1n) is 22.2. The summed E-state index contributed by atoms with van der Waals surface area (Å²) in [5.41, 5.74) is 24.3. The van der Waals surface area contributed by atoms with Crippen molar-refractivity contribution in [1.29, 1.82) is 0 Å². The van der Waals surface area contributed by atoms with Crippen LogP contribution in [0, 0.1) is 0 Å². The Kier molecular flexibility index (Phi) is 7.74. The molecule has 0 fully saturated rings. The Morgan fingerprint density at radius 1 is 0.306 bits per heavy atom. The molecule has 0 saturated carbocycles. The van der Waals surface area contributed by atoms with E-state index in [4.69, 9.17) is 0 Å². The van der Waals surface area contributed by atoms with Crippen molar-refractivity contribution in [3.63, 3.8) is 0 Å². The third-order valence-corrected chi connectivity index (χ3v) is 14.9. The fourth-order valence-corrected chi connectivity index (χ4v) is 11.5. The molecule has 0 spiro atoms. The normalized spacial score (nSPS) is 15.3. The molecule has 0 unspecified atom stereocenters. The third-order valence-electron chi connectivity index (χ3n) is 14.9. The molecule has 0 aromatic heterocycles. The van der Waals surface area contributed by atoms with Gasteiger partial charge in [-0.1, -0.05) is 187 Å². The minimum atomic E-state index is -0.130. The summed E-state index contributed by atoms with van der Waals surface area (Å²) in [4.78, 5) is 2.53. The van der Waals surface area contributed by atoms with E-state index in [0.717, 1.165) is 17.1 Å². The molecule has 0 saturated heterocycles. The van der Waals surface area contributed by atoms with E-state index >= 15 is 0 Å². The lowest BCUT2D eigenvalue weighted by Gasteiger charge is -2.31. The molecule has 0 radical (unpaired) electrons. The van der Waals surface area contributed by atoms with Crippen molar-refractivity contribution < 1.29 is 0 Å². The number of fused-ring (bicyclic) bond motifs is 11. The maximum atomic E-state index is 2.53. The van der Waals surface area contributed by atoms with Crippen LogP contribution in [0.5, 0.6) is 0 Å². The van der Waals surface area contributed by atoms with Crippen molar-refractivity contribution in [2.45, 2.75) is 57.8 Å². The minimum absolute atomic E-state index is 0.119. The highest BCUT2D eigenvalue weighted by Crippen LogP contribution is 2.55. The van der Waals surface area contributed by atoms with Gasteiger partial charge < -0.3 is 4.90 Å². The lowest BCUT2D eigenvalue weighted by atomic mass is 9.81. The Morgan fingerprint density at radius 3 is 1.47 bits per heavy atom. The number of hydrogen-bond acceptors (Lipinski definition) is 1. The SMILES string of the molecule is CC1(C)c2ccccc2-c2ccc(N(c3ccc4c(c3)C(C)(C)c3ccccc3-4)c3ccc(-c4ccc5c(c4)C(C)(C)c4ccc6ccccc6c4-5)cc3-c3ccccc3)cc21. The highest BCUT2D eigenvalue weighted by Gasteiger charge is 2.39. The minimum Gasteiger partial charge on any atom is -0.310 e. The van der Waals surface area contributed by atoms with Gasteiger partial charge in [0.15, 0.2) is 0 Å². The zero-order chi connectivity index (χ0) is 42.1. The average molecular weight is 796 g/mol. The van der Waals surface area contributed by atoms with E-state index in [9.17, 15) is 0 Å². The molecule has 12 rings (SSSR count). The topological polar surface area (TPSA) is 3.24 Å². The van der Waals surface area contributed by atoms with Crippen LogP contribution in [-0.2, 0) is 16.2 Å². The number of hydrogen-bond donors (Lipinski definition) is 0. The van der Waals surface area contributed by atoms with Crippen molar-refractivity contribution >= 4 is 27.8 Å². The van der Waals surface area contributed by atoms with E-state index in [1.165, 1.54) is 99.8 Å². The van der Waals surface area contributed by atoms with Crippen LogP contribution in [0.25, 0.3) is 66.4 Å². The van der Waals surface area contributed by atoms with Gasteiger partial charge in [-0.15, -0.1) is 0 Å². The monoisotopic (exact) mass is 795 g/mol. The standard InChI is InChI=1S/C61H49N/c1-59(2)51-22-14-12-20-45(51)47-30-27-42(36-55(47)59)62(43-28-31-48-46-21-13-15-23-52(46)60(3,4)56(48)37-43)57-33-26-40(34-50(57)38-16-8-7-9-17-38)41-24-29-49-54(35-41)61(5,6)53-32-25-39-18-10-11-19-44(39)58(49)53/h7-37H,1-6H3. The Balaban J connectivity index is 1.06. The molecule has 9 aromatic rings. The molecule has 62 heavy (non-hydrogen) atoms. The van der Waals surface area contributed by atoms with Crippen molar-refractivity contribution in [1.82, 2.24) is 0 Å². The van der Waals surface area contributed by atoms with Gasteiger partial charge in [-0.2, -0.15) is 0 Å². The first-order chi connectivity index (χ1) is 30.0. The molecule has 1 heteroatoms. The lowest BCUT2D eigenvalue weighted by Crippen LogP contribution is -2.18. The summed E-state index contributed by atoms with van der Waals surface area (Å²) in [6.07, 6.45) is 0. The summed E-state index contributed by atoms with van der Waals surface area (Å²) in [6, 6.07) is 71.0. The van der Waals surface area contributed by atoms with Crippen LogP contribution < -0.4 is 4.90 Å². The molecule has 1 nitrogen and oxygen atoms in total. The number of nitrogens with zero attached hydrogens (tertiary/aromatic N) is 1. The molecule has 3 aliphatic rings. The quantitative estimate of drug-likeness (QED) is 0.168. The van der Waals surface area contributed by atoms with Crippen LogP contribution in [-0.4, -0.2) is 0 Å². The molecule has 298 valence electrons. The second-order valence-corrected chi connectivity index (χ2v) is 19.3. The van der Waals surface area contributed by atoms with Crippen molar-refractivity contribution in [2.24, 2.45) is 0 Å². The molecular formula is C61H49N. The summed E-state index contributed by atoms with van der Waals surface area (Å²) in [5, 5.41) is 2.62. The van der Waals surface area contributed by atoms with E-state index in [1.807, 2.05) is 0 Å². The molecule has 0 heterocycles. The summed E-state index contributed by atoms with van der Waals surface area (Å²) < 4.78 is 0. The first-order valence-corrected chi connectivity index (χ1v) is 22.2. The van der Waals surface area contributed by atoms with E-state index in [2.05, 4.69) is 234 Å². The zero-order valence-electron chi connectivity index (χ0n) is 36.3. The van der Waals surface area contributed by atoms with Crippen molar-refractivity contribution in [3.8, 4) is 55.6 Å². The predicted octanol–water partition coefficient (Wildman–Crippen LogP) is 16.6. The highest BCUT2D eigenvalue weighted by molar-refractivity contribution is 6.03. The predicted molar refractivity (Wildman–Crippen MR) is 262 cm³/mol. The van der Waals surface area contributed by atoms with Gasteiger partial charge in [0.1, 0.15) is 0 Å². The van der Waals surface area contributed by atoms with E-state index in [1.54, 1.807) is 0 Å². The zero-order valence-corrected chi connectivity index (χ0v) is 36.3. The van der Waals surface area contributed by atoms with Crippen LogP contribution in [0.2, 0.25) is 0 Å². The van der Waals surface area contributed by atoms with E-state index < -0.39 is 0 Å². The number of anilines is 3. The Morgan fingerprint density at radius 2 is 0.806 bits per heavy atom. The van der Waals surface area contributed by atoms with Gasteiger partial charge in [-0.3, -0.25) is 0 Å². The average Bonchev–Trinajstić information content (AvgIpc) is 3.78. The largest absolute Gasteiger partial charge is 0.310 e. The molecule has 0 N–H and O–H groups in total. The summed E-state index contributed by atoms with van der Waals surface area (Å²) in [5.74, 6) is 0. The van der Waals surface area contributed by atoms with Gasteiger partial charge in [-0.25, -0.2) is 0 Å². The van der Waals surface area contributed by atoms with Gasteiger partial charge in [0.2, 0.25) is 0 Å². The third kappa shape index (κ3) is 5.15. The summed E-state index contributed by atoms with van der Waals surface area (Å²) >= 11 is 0. The second kappa shape index (κ2) is 13.0. The molecule has 0 atom stereocenters. The van der Waals surface area contributed by atoms with Gasteiger partial charge in [0.25, 0.3) is 0 Å². The lowest BCUT2D eigenvalue weighted by molar-refractivity contribution is 0.660. The maximum absolute atomic E-state index is 2.53. The smallest absolute Gasteiger partial charge is 0.0540 e. The van der Waals surface area contributed by atoms with Crippen LogP contribution in [0.1, 0.15) is 74.9 Å². The van der Waals surface area contributed by atoms with Gasteiger partial charge >= 0.3 is 0 Å². The van der Waals surface area contributed by atoms with Crippen LogP contribution in [0.4, 0.5) is 17.1 Å². The molecule has 0 aliphatic heterocycles. The van der Waals surface area contributed by atoms with E-state index in [-0.39, 0.29) is 16.2 Å². The molecule has 9 aromatic carbocycles. The van der Waals surface area contributed by atoms with Crippen molar-refractivity contribution in [2.75, 3.05) is 4.90 Å². The van der Waals surface area contributed by atoms with Gasteiger partial charge in [-0.05, 0) is 137 Å². The highest BCUT2D eigenvalue weighted by atomic mass is 15.1. The first kappa shape index (κ1) is 36.9. The van der Waals surface area contributed by atoms with Crippen LogP contribution >= 0.6 is 0 Å². The number of benzene rings is 9. The van der Waals surface area contributed by atoms with Gasteiger partial charge in [0, 0.05) is 33.2 Å². The Bertz CT molecular complexity index is 3220. The van der Waals surface area contributed by atoms with E-state index in [0.29, 0.717) is 0 Å². The molecule has 3 aliphatic carbocycles. The van der Waals surface area contributed by atoms with Crippen LogP contribution in [0.3, 0.4) is 0 Å². The fraction of sp³-hybridized carbons (Fsp3) is 0.148. The maximum Gasteiger partial charge on any atom is 0.0540 e. The second-order valence-electron chi connectivity index (χ2n) is 19.3. The molecule has 0 amide bonds.